The first-order chi connectivity index (χ1) is 14.4. The molecule has 4 aliphatic heterocycles. The summed E-state index contributed by atoms with van der Waals surface area (Å²) in [5.74, 6) is 0.364. The predicted octanol–water partition coefficient (Wildman–Crippen LogP) is 0.331. The summed E-state index contributed by atoms with van der Waals surface area (Å²) < 4.78 is 47.2. The third-order valence-electron chi connectivity index (χ3n) is 7.93. The van der Waals surface area contributed by atoms with Gasteiger partial charge in [0.25, 0.3) is 0 Å². The Bertz CT molecular complexity index is 727. The van der Waals surface area contributed by atoms with Gasteiger partial charge in [-0.25, -0.2) is 17.8 Å². The maximum atomic E-state index is 14.4. The van der Waals surface area contributed by atoms with Crippen molar-refractivity contribution in [1.29, 1.82) is 0 Å². The van der Waals surface area contributed by atoms with Gasteiger partial charge in [-0.1, -0.05) is 0 Å². The highest BCUT2D eigenvalue weighted by Crippen LogP contribution is 2.39. The Hall–Kier alpha value is -0.360. The van der Waals surface area contributed by atoms with Crippen molar-refractivity contribution >= 4 is 10.0 Å². The number of ether oxygens (including phenoxy) is 1. The molecule has 30 heavy (non-hydrogen) atoms. The molecule has 172 valence electrons. The van der Waals surface area contributed by atoms with Crippen molar-refractivity contribution < 1.29 is 17.5 Å². The van der Waals surface area contributed by atoms with E-state index in [1.54, 1.807) is 4.31 Å². The van der Waals surface area contributed by atoms with Crippen LogP contribution in [0.1, 0.15) is 38.5 Å². The molecular weight excluding hydrogens is 409 g/mol. The molecule has 0 spiro atoms. The van der Waals surface area contributed by atoms with Gasteiger partial charge >= 0.3 is 0 Å². The van der Waals surface area contributed by atoms with Crippen LogP contribution in [0.4, 0.5) is 4.39 Å². The number of hydrogen-bond donors (Lipinski definition) is 2. The van der Waals surface area contributed by atoms with Crippen LogP contribution >= 0.6 is 0 Å². The number of rotatable bonds is 1. The summed E-state index contributed by atoms with van der Waals surface area (Å²) >= 11 is 0. The number of alkyl halides is 1. The van der Waals surface area contributed by atoms with E-state index < -0.39 is 16.2 Å². The Kier molecular flexibility index (Phi) is 6.11. The first-order valence-corrected chi connectivity index (χ1v) is 13.5. The zero-order valence-corrected chi connectivity index (χ0v) is 18.7. The summed E-state index contributed by atoms with van der Waals surface area (Å²) in [5, 5.41) is 6.08. The minimum absolute atomic E-state index is 0.0195. The molecule has 5 rings (SSSR count). The van der Waals surface area contributed by atoms with Crippen LogP contribution in [0.5, 0.6) is 0 Å². The highest BCUT2D eigenvalue weighted by Gasteiger charge is 2.47. The smallest absolute Gasteiger partial charge is 0.211 e. The van der Waals surface area contributed by atoms with Crippen molar-refractivity contribution in [3.8, 4) is 0 Å². The molecule has 8 nitrogen and oxygen atoms in total. The van der Waals surface area contributed by atoms with Crippen LogP contribution in [-0.2, 0) is 14.8 Å². The van der Waals surface area contributed by atoms with Gasteiger partial charge in [0.05, 0.1) is 31.3 Å². The van der Waals surface area contributed by atoms with E-state index in [1.165, 1.54) is 6.26 Å². The number of halogens is 1. The summed E-state index contributed by atoms with van der Waals surface area (Å²) in [5.41, 5.74) is 3.46. The van der Waals surface area contributed by atoms with Crippen LogP contribution in [-0.4, -0.2) is 98.9 Å². The highest BCUT2D eigenvalue weighted by atomic mass is 32.2. The minimum atomic E-state index is -3.32. The molecule has 0 radical (unpaired) electrons. The first-order valence-electron chi connectivity index (χ1n) is 11.6. The molecule has 0 amide bonds. The monoisotopic (exact) mass is 445 g/mol. The van der Waals surface area contributed by atoms with Gasteiger partial charge in [0.1, 0.15) is 6.17 Å². The summed E-state index contributed by atoms with van der Waals surface area (Å²) in [6, 6.07) is 0.345. The molecule has 0 aromatic rings. The summed E-state index contributed by atoms with van der Waals surface area (Å²) in [4.78, 5) is 2.58. The standard InChI is InChI=1S/C20H36FN5O3S/c1-30(27,28)24-9-10-29-18-5-4-15(21)11-16(18)17-3-2-7-25(17)19-6-8-26-20(23-19)14(13-24)12-22-26/h14-20,22-23H,2-13H2,1H3/t14?,15?,16?,17-,18?,19?,20?/m1/s1. The van der Waals surface area contributed by atoms with Gasteiger partial charge in [-0.3, -0.25) is 15.6 Å². The average Bonchev–Trinajstić information content (AvgIpc) is 3.33. The Morgan fingerprint density at radius 2 is 1.97 bits per heavy atom. The van der Waals surface area contributed by atoms with Crippen LogP contribution in [0, 0.1) is 11.8 Å². The Morgan fingerprint density at radius 1 is 1.10 bits per heavy atom. The molecule has 1 saturated carbocycles. The van der Waals surface area contributed by atoms with E-state index in [1.807, 2.05) is 0 Å². The van der Waals surface area contributed by atoms with E-state index in [4.69, 9.17) is 4.74 Å². The maximum absolute atomic E-state index is 14.4. The zero-order valence-electron chi connectivity index (χ0n) is 17.9. The van der Waals surface area contributed by atoms with Crippen molar-refractivity contribution in [2.75, 3.05) is 45.6 Å². The van der Waals surface area contributed by atoms with Crippen LogP contribution in [0.2, 0.25) is 0 Å². The molecule has 5 fully saturated rings. The van der Waals surface area contributed by atoms with E-state index in [2.05, 4.69) is 20.7 Å². The molecule has 4 saturated heterocycles. The highest BCUT2D eigenvalue weighted by molar-refractivity contribution is 7.88. The van der Waals surface area contributed by atoms with Gasteiger partial charge < -0.3 is 4.74 Å². The molecule has 0 aromatic carbocycles. The molecule has 6 unspecified atom stereocenters. The van der Waals surface area contributed by atoms with Crippen LogP contribution in [0.25, 0.3) is 0 Å². The fourth-order valence-corrected chi connectivity index (χ4v) is 7.34. The summed E-state index contributed by atoms with van der Waals surface area (Å²) in [7, 11) is -3.32. The Morgan fingerprint density at radius 3 is 2.80 bits per heavy atom. The third kappa shape index (κ3) is 4.16. The lowest BCUT2D eigenvalue weighted by atomic mass is 9.79. The number of sulfonamides is 1. The molecule has 7 atom stereocenters. The largest absolute Gasteiger partial charge is 0.376 e. The number of nitrogens with one attached hydrogen (secondary N) is 2. The lowest BCUT2D eigenvalue weighted by Gasteiger charge is -2.46. The van der Waals surface area contributed by atoms with Crippen molar-refractivity contribution in [3.05, 3.63) is 0 Å². The van der Waals surface area contributed by atoms with Gasteiger partial charge in [0, 0.05) is 44.1 Å². The van der Waals surface area contributed by atoms with Gasteiger partial charge in [0.2, 0.25) is 10.0 Å². The summed E-state index contributed by atoms with van der Waals surface area (Å²) in [6.45, 7) is 3.99. The lowest BCUT2D eigenvalue weighted by Crippen LogP contribution is -2.64. The molecule has 2 N–H and O–H groups in total. The van der Waals surface area contributed by atoms with E-state index in [0.29, 0.717) is 38.6 Å². The van der Waals surface area contributed by atoms with E-state index in [-0.39, 0.29) is 30.3 Å². The van der Waals surface area contributed by atoms with Crippen LogP contribution in [0.15, 0.2) is 0 Å². The lowest BCUT2D eigenvalue weighted by molar-refractivity contribution is -0.0664. The maximum Gasteiger partial charge on any atom is 0.211 e. The second-order valence-electron chi connectivity index (χ2n) is 9.78. The molecule has 1 aliphatic carbocycles. The number of nitrogens with zero attached hydrogens (tertiary/aromatic N) is 3. The minimum Gasteiger partial charge on any atom is -0.376 e. The summed E-state index contributed by atoms with van der Waals surface area (Å²) in [6.07, 6.45) is 6.04. The average molecular weight is 446 g/mol. The topological polar surface area (TPSA) is 77.2 Å². The number of hydrazine groups is 1. The van der Waals surface area contributed by atoms with E-state index >= 15 is 0 Å². The quantitative estimate of drug-likeness (QED) is 0.602. The van der Waals surface area contributed by atoms with Crippen molar-refractivity contribution in [1.82, 2.24) is 25.0 Å². The first kappa shape index (κ1) is 21.5. The molecule has 2 bridgehead atoms. The second kappa shape index (κ2) is 8.53. The fourth-order valence-electron chi connectivity index (χ4n) is 6.47. The molecule has 4 heterocycles. The SMILES string of the molecule is CS(=O)(=O)N1CCOC2CCC(F)CC2[C@H]2CCCN2C2CCN3NCC(C1)C3N2. The molecule has 0 aromatic heterocycles. The number of hydrogen-bond acceptors (Lipinski definition) is 7. The van der Waals surface area contributed by atoms with Gasteiger partial charge in [0.15, 0.2) is 0 Å². The number of fused-ring (bicyclic) bond motifs is 5. The Labute approximate surface area is 179 Å². The van der Waals surface area contributed by atoms with Crippen LogP contribution in [0.3, 0.4) is 0 Å². The normalized spacial score (nSPS) is 44.5. The van der Waals surface area contributed by atoms with Crippen LogP contribution < -0.4 is 10.7 Å². The van der Waals surface area contributed by atoms with E-state index in [0.717, 1.165) is 45.3 Å². The van der Waals surface area contributed by atoms with Crippen molar-refractivity contribution in [2.45, 2.75) is 69.2 Å². The zero-order chi connectivity index (χ0) is 20.9. The van der Waals surface area contributed by atoms with Crippen molar-refractivity contribution in [2.24, 2.45) is 11.8 Å². The predicted molar refractivity (Wildman–Crippen MR) is 112 cm³/mol. The molecule has 10 heteroatoms. The van der Waals surface area contributed by atoms with Gasteiger partial charge in [-0.2, -0.15) is 4.31 Å². The molecular formula is C20H36FN5O3S. The third-order valence-corrected chi connectivity index (χ3v) is 9.20. The van der Waals surface area contributed by atoms with Crippen molar-refractivity contribution in [3.63, 3.8) is 0 Å². The second-order valence-corrected chi connectivity index (χ2v) is 11.8. The van der Waals surface area contributed by atoms with Gasteiger partial charge in [-0.15, -0.1) is 0 Å². The fraction of sp³-hybridized carbons (Fsp3) is 1.00. The van der Waals surface area contributed by atoms with E-state index in [9.17, 15) is 12.8 Å². The Balaban J connectivity index is 1.44. The van der Waals surface area contributed by atoms with Gasteiger partial charge in [-0.05, 0) is 45.1 Å². The molecule has 5 aliphatic rings.